The number of carbonyl (C=O) groups excluding carboxylic acids is 2. The highest BCUT2D eigenvalue weighted by Crippen LogP contribution is 2.33. The van der Waals surface area contributed by atoms with Gasteiger partial charge < -0.3 is 20.1 Å². The van der Waals surface area contributed by atoms with Crippen molar-refractivity contribution in [3.63, 3.8) is 0 Å². The van der Waals surface area contributed by atoms with E-state index in [4.69, 9.17) is 9.47 Å². The van der Waals surface area contributed by atoms with Gasteiger partial charge in [0.2, 0.25) is 12.7 Å². The van der Waals surface area contributed by atoms with Gasteiger partial charge in [-0.3, -0.25) is 9.59 Å². The molecule has 0 bridgehead atoms. The van der Waals surface area contributed by atoms with Gasteiger partial charge in [-0.05, 0) is 59.4 Å². The second-order valence-electron chi connectivity index (χ2n) is 9.06. The van der Waals surface area contributed by atoms with E-state index in [-0.39, 0.29) is 24.0 Å². The molecule has 0 fully saturated rings. The maximum atomic E-state index is 12.8. The number of aryl methyl sites for hydroxylation is 1. The fraction of sp³-hybridized carbons (Fsp3) is 0.259. The second-order valence-corrected chi connectivity index (χ2v) is 9.06. The van der Waals surface area contributed by atoms with Crippen molar-refractivity contribution in [1.82, 2.24) is 0 Å². The first kappa shape index (κ1) is 22.4. The lowest BCUT2D eigenvalue weighted by Crippen LogP contribution is -2.17. The second kappa shape index (κ2) is 9.36. The van der Waals surface area contributed by atoms with Crippen LogP contribution in [0.5, 0.6) is 11.5 Å². The van der Waals surface area contributed by atoms with Gasteiger partial charge in [-0.15, -0.1) is 0 Å². The highest BCUT2D eigenvalue weighted by atomic mass is 16.7. The van der Waals surface area contributed by atoms with Crippen molar-refractivity contribution in [2.45, 2.75) is 39.0 Å². The van der Waals surface area contributed by atoms with E-state index in [0.717, 1.165) is 16.9 Å². The lowest BCUT2D eigenvalue weighted by Gasteiger charge is -2.19. The monoisotopic (exact) mass is 444 g/mol. The minimum Gasteiger partial charge on any atom is -0.454 e. The molecule has 0 spiro atoms. The minimum atomic E-state index is -0.225. The first-order chi connectivity index (χ1) is 15.8. The zero-order valence-electron chi connectivity index (χ0n) is 19.1. The molecule has 1 aliphatic heterocycles. The zero-order valence-corrected chi connectivity index (χ0v) is 19.1. The molecule has 170 valence electrons. The largest absolute Gasteiger partial charge is 0.454 e. The Labute approximate surface area is 193 Å². The molecule has 1 heterocycles. The third kappa shape index (κ3) is 5.52. The average molecular weight is 445 g/mol. The van der Waals surface area contributed by atoms with Crippen LogP contribution in [0.15, 0.2) is 66.7 Å². The molecule has 0 saturated heterocycles. The molecule has 0 radical (unpaired) electrons. The number of ether oxygens (including phenoxy) is 2. The van der Waals surface area contributed by atoms with Gasteiger partial charge in [0.1, 0.15) is 0 Å². The normalized spacial score (nSPS) is 12.3. The van der Waals surface area contributed by atoms with E-state index in [2.05, 4.69) is 31.4 Å². The van der Waals surface area contributed by atoms with E-state index in [9.17, 15) is 9.59 Å². The molecule has 33 heavy (non-hydrogen) atoms. The summed E-state index contributed by atoms with van der Waals surface area (Å²) in [4.78, 5) is 25.4. The number of nitrogens with one attached hydrogen (secondary N) is 2. The minimum absolute atomic E-state index is 0.0203. The predicted molar refractivity (Wildman–Crippen MR) is 129 cm³/mol. The van der Waals surface area contributed by atoms with Gasteiger partial charge in [0, 0.05) is 12.0 Å². The molecule has 1 aliphatic rings. The third-order valence-corrected chi connectivity index (χ3v) is 5.54. The number of para-hydroxylation sites is 2. The molecule has 0 aromatic heterocycles. The number of benzene rings is 3. The Morgan fingerprint density at radius 1 is 0.848 bits per heavy atom. The Bertz CT molecular complexity index is 1160. The van der Waals surface area contributed by atoms with Crippen molar-refractivity contribution >= 4 is 23.2 Å². The number of anilines is 2. The standard InChI is InChI=1S/C27H28N2O4/c1-27(2,3)20-12-10-19(11-13-20)26(31)29-22-7-5-4-6-21(22)28-25(30)15-9-18-8-14-23-24(16-18)33-17-32-23/h4-8,10-14,16H,9,15,17H2,1-3H3,(H,28,30)(H,29,31). The van der Waals surface area contributed by atoms with Gasteiger partial charge in [-0.25, -0.2) is 0 Å². The summed E-state index contributed by atoms with van der Waals surface area (Å²) in [7, 11) is 0. The van der Waals surface area contributed by atoms with Gasteiger partial charge >= 0.3 is 0 Å². The summed E-state index contributed by atoms with van der Waals surface area (Å²) in [6, 6.07) is 20.5. The Morgan fingerprint density at radius 3 is 2.21 bits per heavy atom. The average Bonchev–Trinajstić information content (AvgIpc) is 3.26. The molecule has 0 saturated carbocycles. The zero-order chi connectivity index (χ0) is 23.4. The summed E-state index contributed by atoms with van der Waals surface area (Å²) in [6.07, 6.45) is 0.868. The molecule has 4 rings (SSSR count). The van der Waals surface area contributed by atoms with E-state index < -0.39 is 0 Å². The van der Waals surface area contributed by atoms with Crippen LogP contribution in [0.4, 0.5) is 11.4 Å². The quantitative estimate of drug-likeness (QED) is 0.524. The van der Waals surface area contributed by atoms with Crippen LogP contribution in [-0.2, 0) is 16.6 Å². The summed E-state index contributed by atoms with van der Waals surface area (Å²) >= 11 is 0. The van der Waals surface area contributed by atoms with Crippen molar-refractivity contribution in [1.29, 1.82) is 0 Å². The first-order valence-corrected chi connectivity index (χ1v) is 11.0. The van der Waals surface area contributed by atoms with Crippen molar-refractivity contribution < 1.29 is 19.1 Å². The fourth-order valence-corrected chi connectivity index (χ4v) is 3.58. The summed E-state index contributed by atoms with van der Waals surface area (Å²) in [5, 5.41) is 5.82. The van der Waals surface area contributed by atoms with Crippen LogP contribution in [-0.4, -0.2) is 18.6 Å². The predicted octanol–water partition coefficient (Wildman–Crippen LogP) is 5.54. The summed E-state index contributed by atoms with van der Waals surface area (Å²) in [6.45, 7) is 6.62. The molecule has 2 amide bonds. The summed E-state index contributed by atoms with van der Waals surface area (Å²) < 4.78 is 10.7. The third-order valence-electron chi connectivity index (χ3n) is 5.54. The molecule has 0 unspecified atom stereocenters. The smallest absolute Gasteiger partial charge is 0.255 e. The van der Waals surface area contributed by atoms with Crippen LogP contribution >= 0.6 is 0 Å². The molecule has 6 nitrogen and oxygen atoms in total. The SMILES string of the molecule is CC(C)(C)c1ccc(C(=O)Nc2ccccc2NC(=O)CCc2ccc3c(c2)OCO3)cc1. The van der Waals surface area contributed by atoms with Crippen LogP contribution in [0.2, 0.25) is 0 Å². The topological polar surface area (TPSA) is 76.7 Å². The molecule has 0 atom stereocenters. The highest BCUT2D eigenvalue weighted by molar-refractivity contribution is 6.07. The Hall–Kier alpha value is -3.80. The van der Waals surface area contributed by atoms with Gasteiger partial charge in [-0.2, -0.15) is 0 Å². The van der Waals surface area contributed by atoms with Crippen LogP contribution in [0.25, 0.3) is 0 Å². The van der Waals surface area contributed by atoms with Gasteiger partial charge in [0.25, 0.3) is 5.91 Å². The van der Waals surface area contributed by atoms with E-state index >= 15 is 0 Å². The first-order valence-electron chi connectivity index (χ1n) is 11.0. The number of hydrogen-bond donors (Lipinski definition) is 2. The number of amides is 2. The fourth-order valence-electron chi connectivity index (χ4n) is 3.58. The Morgan fingerprint density at radius 2 is 1.52 bits per heavy atom. The van der Waals surface area contributed by atoms with Crippen molar-refractivity contribution in [2.75, 3.05) is 17.4 Å². The highest BCUT2D eigenvalue weighted by Gasteiger charge is 2.16. The number of carbonyl (C=O) groups is 2. The maximum absolute atomic E-state index is 12.8. The Balaban J connectivity index is 1.37. The van der Waals surface area contributed by atoms with E-state index in [1.807, 2.05) is 54.6 Å². The molecule has 3 aromatic rings. The molecule has 0 aliphatic carbocycles. The maximum Gasteiger partial charge on any atom is 0.255 e. The van der Waals surface area contributed by atoms with Gasteiger partial charge in [-0.1, -0.05) is 51.1 Å². The summed E-state index contributed by atoms with van der Waals surface area (Å²) in [5.41, 5.74) is 3.86. The van der Waals surface area contributed by atoms with Gasteiger partial charge in [0.15, 0.2) is 11.5 Å². The van der Waals surface area contributed by atoms with Crippen LogP contribution < -0.4 is 20.1 Å². The molecular weight excluding hydrogens is 416 g/mol. The van der Waals surface area contributed by atoms with Crippen molar-refractivity contribution in [3.05, 3.63) is 83.4 Å². The van der Waals surface area contributed by atoms with Crippen LogP contribution in [0, 0.1) is 0 Å². The lowest BCUT2D eigenvalue weighted by atomic mass is 9.87. The molecule has 6 heteroatoms. The van der Waals surface area contributed by atoms with Crippen LogP contribution in [0.1, 0.15) is 48.7 Å². The van der Waals surface area contributed by atoms with Crippen molar-refractivity contribution in [3.8, 4) is 11.5 Å². The number of rotatable bonds is 6. The summed E-state index contributed by atoms with van der Waals surface area (Å²) in [5.74, 6) is 1.07. The van der Waals surface area contributed by atoms with Gasteiger partial charge in [0.05, 0.1) is 11.4 Å². The number of fused-ring (bicyclic) bond motifs is 1. The van der Waals surface area contributed by atoms with Crippen molar-refractivity contribution in [2.24, 2.45) is 0 Å². The lowest BCUT2D eigenvalue weighted by molar-refractivity contribution is -0.116. The molecular formula is C27H28N2O4. The Kier molecular flexibility index (Phi) is 6.36. The van der Waals surface area contributed by atoms with E-state index in [1.165, 1.54) is 0 Å². The van der Waals surface area contributed by atoms with E-state index in [1.54, 1.807) is 12.1 Å². The molecule has 2 N–H and O–H groups in total. The van der Waals surface area contributed by atoms with Crippen LogP contribution in [0.3, 0.4) is 0 Å². The molecule has 3 aromatic carbocycles. The van der Waals surface area contributed by atoms with E-state index in [0.29, 0.717) is 35.5 Å². The number of hydrogen-bond acceptors (Lipinski definition) is 4.